The van der Waals surface area contributed by atoms with Gasteiger partial charge in [0.25, 0.3) is 0 Å². The quantitative estimate of drug-likeness (QED) is 0.658. The second kappa shape index (κ2) is 8.37. The molecule has 0 spiro atoms. The van der Waals surface area contributed by atoms with Gasteiger partial charge in [-0.15, -0.1) is 0 Å². The largest absolute Gasteiger partial charge is 0.306 e. The van der Waals surface area contributed by atoms with Gasteiger partial charge in [0.05, 0.1) is 17.5 Å². The highest BCUT2D eigenvalue weighted by atomic mass is 32.2. The number of benzene rings is 1. The van der Waals surface area contributed by atoms with Gasteiger partial charge in [-0.3, -0.25) is 0 Å². The number of nitriles is 1. The lowest BCUT2D eigenvalue weighted by atomic mass is 9.96. The zero-order valence-corrected chi connectivity index (χ0v) is 17.0. The molecule has 2 rings (SSSR count). The highest BCUT2D eigenvalue weighted by molar-refractivity contribution is 8.23. The minimum Gasteiger partial charge on any atom is -0.306 e. The normalized spacial score (nSPS) is 18.7. The van der Waals surface area contributed by atoms with Crippen LogP contribution in [-0.4, -0.2) is 32.4 Å². The van der Waals surface area contributed by atoms with E-state index in [-0.39, 0.29) is 5.41 Å². The Labute approximate surface area is 158 Å². The number of amidine groups is 1. The standard InChI is InChI=1S/C18H23N3S3/c1-13(2)14-7-5-6-8-15(14)20-16-21(17(22)23-10-9-19)11-18(3,4)12-24-16/h5-8,13H,10-12H2,1-4H3. The molecule has 0 atom stereocenters. The molecule has 1 aliphatic heterocycles. The summed E-state index contributed by atoms with van der Waals surface area (Å²) in [5.41, 5.74) is 2.41. The van der Waals surface area contributed by atoms with Crippen molar-refractivity contribution in [2.45, 2.75) is 33.6 Å². The molecule has 0 aromatic heterocycles. The van der Waals surface area contributed by atoms with E-state index in [1.807, 2.05) is 6.07 Å². The molecule has 1 aliphatic rings. The maximum absolute atomic E-state index is 8.83. The molecule has 1 aromatic rings. The van der Waals surface area contributed by atoms with Crippen molar-refractivity contribution >= 4 is 50.9 Å². The van der Waals surface area contributed by atoms with Crippen molar-refractivity contribution in [1.29, 1.82) is 5.26 Å². The summed E-state index contributed by atoms with van der Waals surface area (Å²) in [5.74, 6) is 1.80. The molecule has 0 N–H and O–H groups in total. The monoisotopic (exact) mass is 377 g/mol. The summed E-state index contributed by atoms with van der Waals surface area (Å²) in [7, 11) is 0. The first-order valence-corrected chi connectivity index (χ1v) is 10.3. The summed E-state index contributed by atoms with van der Waals surface area (Å²) in [5, 5.41) is 9.77. The van der Waals surface area contributed by atoms with Crippen LogP contribution in [0.2, 0.25) is 0 Å². The summed E-state index contributed by atoms with van der Waals surface area (Å²) in [6.07, 6.45) is 0. The van der Waals surface area contributed by atoms with E-state index >= 15 is 0 Å². The molecule has 0 saturated carbocycles. The van der Waals surface area contributed by atoms with Gasteiger partial charge >= 0.3 is 0 Å². The van der Waals surface area contributed by atoms with Crippen LogP contribution < -0.4 is 0 Å². The summed E-state index contributed by atoms with van der Waals surface area (Å²) in [4.78, 5) is 7.04. The number of aliphatic imine (C=N–C) groups is 1. The maximum Gasteiger partial charge on any atom is 0.169 e. The maximum atomic E-state index is 8.83. The van der Waals surface area contributed by atoms with Gasteiger partial charge in [0.1, 0.15) is 4.32 Å². The van der Waals surface area contributed by atoms with E-state index in [2.05, 4.69) is 56.9 Å². The van der Waals surface area contributed by atoms with Crippen molar-refractivity contribution < 1.29 is 0 Å². The first-order chi connectivity index (χ1) is 11.3. The van der Waals surface area contributed by atoms with Crippen molar-refractivity contribution in [2.24, 2.45) is 10.4 Å². The average Bonchev–Trinajstić information content (AvgIpc) is 2.54. The van der Waals surface area contributed by atoms with Gasteiger partial charge in [0, 0.05) is 12.3 Å². The molecule has 0 aliphatic carbocycles. The minimum atomic E-state index is 0.165. The molecule has 1 saturated heterocycles. The van der Waals surface area contributed by atoms with Crippen LogP contribution in [0, 0.1) is 16.7 Å². The van der Waals surface area contributed by atoms with Crippen molar-refractivity contribution in [3.05, 3.63) is 29.8 Å². The van der Waals surface area contributed by atoms with Crippen LogP contribution in [0.3, 0.4) is 0 Å². The molecule has 6 heteroatoms. The number of hydrogen-bond acceptors (Lipinski definition) is 5. The highest BCUT2D eigenvalue weighted by Gasteiger charge is 2.33. The number of thiocarbonyl (C=S) groups is 1. The lowest BCUT2D eigenvalue weighted by molar-refractivity contribution is 0.348. The fourth-order valence-corrected chi connectivity index (χ4v) is 4.49. The average molecular weight is 378 g/mol. The molecule has 3 nitrogen and oxygen atoms in total. The van der Waals surface area contributed by atoms with Gasteiger partial charge in [0.2, 0.25) is 0 Å². The van der Waals surface area contributed by atoms with Crippen molar-refractivity contribution in [1.82, 2.24) is 4.90 Å². The topological polar surface area (TPSA) is 39.4 Å². The molecule has 0 unspecified atom stereocenters. The van der Waals surface area contributed by atoms with E-state index in [1.54, 1.807) is 11.8 Å². The molecule has 128 valence electrons. The van der Waals surface area contributed by atoms with Crippen molar-refractivity contribution in [3.8, 4) is 6.07 Å². The Hall–Kier alpha value is -1.03. The van der Waals surface area contributed by atoms with Gasteiger partial charge in [-0.05, 0) is 23.0 Å². The van der Waals surface area contributed by atoms with E-state index in [9.17, 15) is 0 Å². The van der Waals surface area contributed by atoms with Crippen LogP contribution in [0.4, 0.5) is 5.69 Å². The number of hydrogen-bond donors (Lipinski definition) is 0. The van der Waals surface area contributed by atoms with Crippen LogP contribution in [0.1, 0.15) is 39.2 Å². The number of nitrogens with zero attached hydrogens (tertiary/aromatic N) is 3. The second-order valence-electron chi connectivity index (χ2n) is 6.86. The lowest BCUT2D eigenvalue weighted by Crippen LogP contribution is -2.45. The number of rotatable bonds is 3. The Balaban J connectivity index is 2.35. The Bertz CT molecular complexity index is 674. The lowest BCUT2D eigenvalue weighted by Gasteiger charge is -2.39. The SMILES string of the molecule is CC(C)c1ccccc1N=C1SCC(C)(C)CN1C(=S)SCC#N. The first kappa shape index (κ1) is 19.3. The van der Waals surface area contributed by atoms with Crippen LogP contribution in [0.15, 0.2) is 29.3 Å². The third-order valence-corrected chi connectivity index (χ3v) is 6.47. The molecular weight excluding hydrogens is 354 g/mol. The third kappa shape index (κ3) is 4.98. The number of para-hydroxylation sites is 1. The van der Waals surface area contributed by atoms with E-state index in [0.717, 1.165) is 27.5 Å². The van der Waals surface area contributed by atoms with Crippen LogP contribution in [-0.2, 0) is 0 Å². The predicted octanol–water partition coefficient (Wildman–Crippen LogP) is 5.41. The van der Waals surface area contributed by atoms with E-state index in [1.165, 1.54) is 17.3 Å². The summed E-state index contributed by atoms with van der Waals surface area (Å²) < 4.78 is 0.734. The number of thioether (sulfide) groups is 2. The summed E-state index contributed by atoms with van der Waals surface area (Å²) in [6.45, 7) is 9.68. The van der Waals surface area contributed by atoms with Gasteiger partial charge in [0.15, 0.2) is 5.17 Å². The third-order valence-electron chi connectivity index (χ3n) is 3.66. The molecule has 0 bridgehead atoms. The van der Waals surface area contributed by atoms with E-state index in [4.69, 9.17) is 22.5 Å². The Morgan fingerprint density at radius 2 is 2.17 bits per heavy atom. The molecular formula is C18H23N3S3. The molecule has 24 heavy (non-hydrogen) atoms. The summed E-state index contributed by atoms with van der Waals surface area (Å²) >= 11 is 8.72. The van der Waals surface area contributed by atoms with Crippen molar-refractivity contribution in [2.75, 3.05) is 18.1 Å². The van der Waals surface area contributed by atoms with E-state index < -0.39 is 0 Å². The predicted molar refractivity (Wildman–Crippen MR) is 111 cm³/mol. The fourth-order valence-electron chi connectivity index (χ4n) is 2.47. The van der Waals surface area contributed by atoms with Gasteiger partial charge in [-0.25, -0.2) is 4.99 Å². The van der Waals surface area contributed by atoms with Crippen LogP contribution in [0.5, 0.6) is 0 Å². The fraction of sp³-hybridized carbons (Fsp3) is 0.500. The zero-order chi connectivity index (χ0) is 17.7. The Kier molecular flexibility index (Phi) is 6.73. The molecule has 1 heterocycles. The molecule has 1 fully saturated rings. The van der Waals surface area contributed by atoms with Crippen molar-refractivity contribution in [3.63, 3.8) is 0 Å². The van der Waals surface area contributed by atoms with Gasteiger partial charge in [-0.1, -0.05) is 81.6 Å². The molecule has 0 amide bonds. The smallest absolute Gasteiger partial charge is 0.169 e. The van der Waals surface area contributed by atoms with Crippen LogP contribution in [0.25, 0.3) is 0 Å². The zero-order valence-electron chi connectivity index (χ0n) is 14.6. The van der Waals surface area contributed by atoms with Gasteiger partial charge < -0.3 is 4.90 Å². The highest BCUT2D eigenvalue weighted by Crippen LogP contribution is 2.35. The Morgan fingerprint density at radius 3 is 2.83 bits per heavy atom. The summed E-state index contributed by atoms with van der Waals surface area (Å²) in [6, 6.07) is 10.4. The molecule has 0 radical (unpaired) electrons. The van der Waals surface area contributed by atoms with E-state index in [0.29, 0.717) is 11.7 Å². The second-order valence-corrected chi connectivity index (χ2v) is 9.41. The Morgan fingerprint density at radius 1 is 1.46 bits per heavy atom. The van der Waals surface area contributed by atoms with Gasteiger partial charge in [-0.2, -0.15) is 5.26 Å². The minimum absolute atomic E-state index is 0.165. The van der Waals surface area contributed by atoms with Crippen LogP contribution >= 0.6 is 35.7 Å². The first-order valence-electron chi connectivity index (χ1n) is 7.96. The molecule has 1 aromatic carbocycles.